The van der Waals surface area contributed by atoms with Crippen molar-refractivity contribution in [3.63, 3.8) is 0 Å². The van der Waals surface area contributed by atoms with Crippen LogP contribution < -0.4 is 0 Å². The van der Waals surface area contributed by atoms with Gasteiger partial charge < -0.3 is 24.1 Å². The molecule has 0 aromatic carbocycles. The minimum Gasteiger partial charge on any atom is -0.396 e. The molecule has 1 rings (SSSR count). The Bertz CT molecular complexity index is 200. The Morgan fingerprint density at radius 2 is 1.72 bits per heavy atom. The number of aliphatic hydroxyl groups excluding tert-OH is 1. The molecule has 0 radical (unpaired) electrons. The molecule has 1 aliphatic rings. The van der Waals surface area contributed by atoms with E-state index in [9.17, 15) is 5.11 Å². The number of rotatable bonds is 5. The third-order valence-corrected chi connectivity index (χ3v) is 3.31. The molecule has 0 spiro atoms. The Morgan fingerprint density at radius 3 is 2.11 bits per heavy atom. The van der Waals surface area contributed by atoms with Gasteiger partial charge in [-0.25, -0.2) is 0 Å². The van der Waals surface area contributed by atoms with E-state index in [0.29, 0.717) is 6.61 Å². The molecule has 0 aliphatic carbocycles. The smallest absolute Gasteiger partial charge is 0.184 e. The summed E-state index contributed by atoms with van der Waals surface area (Å²) < 4.78 is 21.4. The lowest BCUT2D eigenvalue weighted by Gasteiger charge is -2.43. The average Bonchev–Trinajstić information content (AvgIpc) is 2.42. The van der Waals surface area contributed by atoms with Crippen molar-refractivity contribution in [1.82, 2.24) is 0 Å². The standard InChI is InChI=1S/C11H22O5.C2H6/c1-7-8(5-12)10(14-3)11(15-4)16-9(7)6-13-2;1-2/h7-12H,5-6H2,1-4H3;1-2H3. The number of hydrogen-bond acceptors (Lipinski definition) is 5. The number of aliphatic hydroxyl groups is 1. The molecule has 1 saturated heterocycles. The topological polar surface area (TPSA) is 57.2 Å². The van der Waals surface area contributed by atoms with Crippen LogP contribution in [0.1, 0.15) is 20.8 Å². The zero-order valence-corrected chi connectivity index (χ0v) is 12.4. The maximum Gasteiger partial charge on any atom is 0.184 e. The Hall–Kier alpha value is -0.200. The normalized spacial score (nSPS) is 35.8. The summed E-state index contributed by atoms with van der Waals surface area (Å²) in [5.41, 5.74) is 0. The van der Waals surface area contributed by atoms with Gasteiger partial charge in [0.1, 0.15) is 6.10 Å². The summed E-state index contributed by atoms with van der Waals surface area (Å²) in [6.07, 6.45) is -0.755. The summed E-state index contributed by atoms with van der Waals surface area (Å²) in [4.78, 5) is 0. The summed E-state index contributed by atoms with van der Waals surface area (Å²) in [7, 11) is 4.81. The predicted molar refractivity (Wildman–Crippen MR) is 69.4 cm³/mol. The second-order valence-corrected chi connectivity index (χ2v) is 4.14. The first kappa shape index (κ1) is 17.8. The summed E-state index contributed by atoms with van der Waals surface area (Å²) in [6, 6.07) is 0. The first-order chi connectivity index (χ1) is 8.69. The van der Waals surface area contributed by atoms with Crippen LogP contribution in [0.4, 0.5) is 0 Å². The van der Waals surface area contributed by atoms with Gasteiger partial charge in [-0.15, -0.1) is 0 Å². The van der Waals surface area contributed by atoms with Crippen molar-refractivity contribution < 1.29 is 24.1 Å². The van der Waals surface area contributed by atoms with Gasteiger partial charge in [-0.3, -0.25) is 0 Å². The summed E-state index contributed by atoms with van der Waals surface area (Å²) >= 11 is 0. The summed E-state index contributed by atoms with van der Waals surface area (Å²) in [6.45, 7) is 6.58. The first-order valence-corrected chi connectivity index (χ1v) is 6.50. The Balaban J connectivity index is 0.00000137. The third kappa shape index (κ3) is 4.17. The highest BCUT2D eigenvalue weighted by Gasteiger charge is 2.43. The Labute approximate surface area is 110 Å². The van der Waals surface area contributed by atoms with Gasteiger partial charge in [-0.1, -0.05) is 20.8 Å². The molecule has 1 heterocycles. The molecule has 1 N–H and O–H groups in total. The quantitative estimate of drug-likeness (QED) is 0.811. The molecule has 0 aromatic heterocycles. The Kier molecular flexibility index (Phi) is 9.59. The molecular formula is C13H28O5. The van der Waals surface area contributed by atoms with Crippen molar-refractivity contribution in [1.29, 1.82) is 0 Å². The molecule has 5 atom stereocenters. The Morgan fingerprint density at radius 1 is 1.11 bits per heavy atom. The molecule has 0 aromatic rings. The fraction of sp³-hybridized carbons (Fsp3) is 1.00. The molecule has 1 fully saturated rings. The van der Waals surface area contributed by atoms with E-state index in [0.717, 1.165) is 0 Å². The third-order valence-electron chi connectivity index (χ3n) is 3.31. The number of methoxy groups -OCH3 is 3. The van der Waals surface area contributed by atoms with E-state index >= 15 is 0 Å². The second kappa shape index (κ2) is 9.69. The lowest BCUT2D eigenvalue weighted by molar-refractivity contribution is -0.278. The zero-order valence-electron chi connectivity index (χ0n) is 12.4. The molecule has 0 saturated carbocycles. The molecule has 5 unspecified atom stereocenters. The number of ether oxygens (including phenoxy) is 4. The molecule has 1 aliphatic heterocycles. The SMILES string of the molecule is CC.COCC1OC(OC)C(OC)C(CO)C1C. The summed E-state index contributed by atoms with van der Waals surface area (Å²) in [5, 5.41) is 9.43. The van der Waals surface area contributed by atoms with Gasteiger partial charge in [-0.2, -0.15) is 0 Å². The van der Waals surface area contributed by atoms with Gasteiger partial charge in [-0.05, 0) is 5.92 Å². The van der Waals surface area contributed by atoms with Crippen molar-refractivity contribution in [3.05, 3.63) is 0 Å². The van der Waals surface area contributed by atoms with E-state index < -0.39 is 6.29 Å². The fourth-order valence-corrected chi connectivity index (χ4v) is 2.25. The molecular weight excluding hydrogens is 236 g/mol. The van der Waals surface area contributed by atoms with Gasteiger partial charge >= 0.3 is 0 Å². The number of hydrogen-bond donors (Lipinski definition) is 1. The van der Waals surface area contributed by atoms with Crippen LogP contribution >= 0.6 is 0 Å². The fourth-order valence-electron chi connectivity index (χ4n) is 2.25. The van der Waals surface area contributed by atoms with E-state index in [4.69, 9.17) is 18.9 Å². The monoisotopic (exact) mass is 264 g/mol. The molecule has 110 valence electrons. The highest BCUT2D eigenvalue weighted by Crippen LogP contribution is 2.32. The maximum absolute atomic E-state index is 9.43. The second-order valence-electron chi connectivity index (χ2n) is 4.14. The van der Waals surface area contributed by atoms with Crippen LogP contribution in [0, 0.1) is 11.8 Å². The van der Waals surface area contributed by atoms with E-state index in [1.807, 2.05) is 20.8 Å². The molecule has 0 bridgehead atoms. The van der Waals surface area contributed by atoms with Crippen LogP contribution in [0.2, 0.25) is 0 Å². The van der Waals surface area contributed by atoms with Crippen LogP contribution in [0.25, 0.3) is 0 Å². The zero-order chi connectivity index (χ0) is 14.1. The van der Waals surface area contributed by atoms with Gasteiger partial charge in [0.05, 0.1) is 12.7 Å². The minimum absolute atomic E-state index is 0.00356. The van der Waals surface area contributed by atoms with Crippen LogP contribution in [-0.2, 0) is 18.9 Å². The van der Waals surface area contributed by atoms with Crippen molar-refractivity contribution in [2.75, 3.05) is 34.5 Å². The van der Waals surface area contributed by atoms with Crippen LogP contribution in [-0.4, -0.2) is 58.1 Å². The highest BCUT2D eigenvalue weighted by molar-refractivity contribution is 4.87. The van der Waals surface area contributed by atoms with Crippen LogP contribution in [0.3, 0.4) is 0 Å². The highest BCUT2D eigenvalue weighted by atomic mass is 16.7. The maximum atomic E-state index is 9.43. The van der Waals surface area contributed by atoms with Crippen molar-refractivity contribution in [3.8, 4) is 0 Å². The van der Waals surface area contributed by atoms with Gasteiger partial charge in [0.15, 0.2) is 6.29 Å². The molecule has 0 amide bonds. The van der Waals surface area contributed by atoms with Crippen molar-refractivity contribution in [2.45, 2.75) is 39.3 Å². The van der Waals surface area contributed by atoms with Crippen LogP contribution in [0.15, 0.2) is 0 Å². The van der Waals surface area contributed by atoms with Crippen molar-refractivity contribution in [2.24, 2.45) is 11.8 Å². The van der Waals surface area contributed by atoms with Gasteiger partial charge in [0, 0.05) is 33.9 Å². The molecule has 18 heavy (non-hydrogen) atoms. The lowest BCUT2D eigenvalue weighted by atomic mass is 9.82. The minimum atomic E-state index is -0.446. The average molecular weight is 264 g/mol. The summed E-state index contributed by atoms with van der Waals surface area (Å²) in [5.74, 6) is 0.171. The lowest BCUT2D eigenvalue weighted by Crippen LogP contribution is -2.54. The van der Waals surface area contributed by atoms with E-state index in [-0.39, 0.29) is 30.7 Å². The largest absolute Gasteiger partial charge is 0.396 e. The van der Waals surface area contributed by atoms with E-state index in [1.54, 1.807) is 21.3 Å². The predicted octanol–water partition coefficient (Wildman–Crippen LogP) is 1.29. The molecule has 5 heteroatoms. The van der Waals surface area contributed by atoms with Crippen molar-refractivity contribution >= 4 is 0 Å². The van der Waals surface area contributed by atoms with E-state index in [1.165, 1.54) is 0 Å². The van der Waals surface area contributed by atoms with Crippen LogP contribution in [0.5, 0.6) is 0 Å². The molecule has 5 nitrogen and oxygen atoms in total. The van der Waals surface area contributed by atoms with Gasteiger partial charge in [0.25, 0.3) is 0 Å². The van der Waals surface area contributed by atoms with Gasteiger partial charge in [0.2, 0.25) is 0 Å². The van der Waals surface area contributed by atoms with E-state index in [2.05, 4.69) is 0 Å². The first-order valence-electron chi connectivity index (χ1n) is 6.50.